The van der Waals surface area contributed by atoms with Crippen LogP contribution in [0.2, 0.25) is 0 Å². The van der Waals surface area contributed by atoms with Gasteiger partial charge < -0.3 is 14.8 Å². The first-order valence-electron chi connectivity index (χ1n) is 6.73. The molecule has 0 aliphatic rings. The highest BCUT2D eigenvalue weighted by Gasteiger charge is 2.00. The van der Waals surface area contributed by atoms with Gasteiger partial charge in [-0.05, 0) is 30.3 Å². The number of benzene rings is 1. The molecule has 0 radical (unpaired) electrons. The van der Waals surface area contributed by atoms with E-state index in [1.807, 2.05) is 36.4 Å². The van der Waals surface area contributed by atoms with Crippen LogP contribution in [0.25, 0.3) is 0 Å². The molecular formula is C16H20N2O2. The Labute approximate surface area is 119 Å². The number of nitrogens with zero attached hydrogens (tertiary/aromatic N) is 1. The normalized spacial score (nSPS) is 10.3. The van der Waals surface area contributed by atoms with Crippen LogP contribution in [0.5, 0.6) is 11.5 Å². The first-order valence-corrected chi connectivity index (χ1v) is 6.73. The average molecular weight is 272 g/mol. The smallest absolute Gasteiger partial charge is 0.123 e. The number of pyridine rings is 1. The summed E-state index contributed by atoms with van der Waals surface area (Å²) in [6, 6.07) is 11.7. The van der Waals surface area contributed by atoms with Crippen molar-refractivity contribution in [2.24, 2.45) is 0 Å². The highest BCUT2D eigenvalue weighted by molar-refractivity contribution is 5.28. The first-order chi connectivity index (χ1) is 9.81. The fourth-order valence-electron chi connectivity index (χ4n) is 1.78. The molecule has 0 spiro atoms. The number of ether oxygens (including phenoxy) is 2. The van der Waals surface area contributed by atoms with E-state index in [4.69, 9.17) is 9.47 Å². The summed E-state index contributed by atoms with van der Waals surface area (Å²) in [7, 11) is 1.66. The monoisotopic (exact) mass is 272 g/mol. The van der Waals surface area contributed by atoms with Gasteiger partial charge >= 0.3 is 0 Å². The van der Waals surface area contributed by atoms with Crippen molar-refractivity contribution in [2.75, 3.05) is 13.7 Å². The van der Waals surface area contributed by atoms with Crippen molar-refractivity contribution < 1.29 is 9.47 Å². The van der Waals surface area contributed by atoms with Crippen molar-refractivity contribution in [3.8, 4) is 11.5 Å². The lowest BCUT2D eigenvalue weighted by Gasteiger charge is -2.08. The number of aromatic nitrogens is 1. The Morgan fingerprint density at radius 3 is 2.60 bits per heavy atom. The number of hydrogen-bond acceptors (Lipinski definition) is 4. The van der Waals surface area contributed by atoms with Gasteiger partial charge in [0.1, 0.15) is 18.1 Å². The number of nitrogens with one attached hydrogen (secondary N) is 1. The Balaban J connectivity index is 1.92. The predicted molar refractivity (Wildman–Crippen MR) is 78.9 cm³/mol. The van der Waals surface area contributed by atoms with E-state index < -0.39 is 0 Å². The third-order valence-corrected chi connectivity index (χ3v) is 2.91. The lowest BCUT2D eigenvalue weighted by atomic mass is 10.2. The zero-order valence-electron chi connectivity index (χ0n) is 11.9. The van der Waals surface area contributed by atoms with Crippen molar-refractivity contribution in [3.63, 3.8) is 0 Å². The van der Waals surface area contributed by atoms with Crippen molar-refractivity contribution in [2.45, 2.75) is 20.1 Å². The topological polar surface area (TPSA) is 43.4 Å². The van der Waals surface area contributed by atoms with Crippen LogP contribution in [0.1, 0.15) is 18.2 Å². The van der Waals surface area contributed by atoms with Gasteiger partial charge in [-0.3, -0.25) is 4.98 Å². The van der Waals surface area contributed by atoms with Crippen LogP contribution >= 0.6 is 0 Å². The summed E-state index contributed by atoms with van der Waals surface area (Å²) in [5, 5.41) is 3.25. The van der Waals surface area contributed by atoms with Gasteiger partial charge in [0.05, 0.1) is 12.8 Å². The standard InChI is InChI=1S/C16H20N2O2/c1-3-17-11-14-10-16(8-9-18-14)20-12-13-4-6-15(19-2)7-5-13/h4-10,17H,3,11-12H2,1-2H3. The quantitative estimate of drug-likeness (QED) is 0.841. The minimum atomic E-state index is 0.536. The third-order valence-electron chi connectivity index (χ3n) is 2.91. The molecule has 0 amide bonds. The minimum absolute atomic E-state index is 0.536. The van der Waals surface area contributed by atoms with Crippen LogP contribution in [-0.2, 0) is 13.2 Å². The number of methoxy groups -OCH3 is 1. The van der Waals surface area contributed by atoms with E-state index in [2.05, 4.69) is 17.2 Å². The highest BCUT2D eigenvalue weighted by Crippen LogP contribution is 2.15. The average Bonchev–Trinajstić information content (AvgIpc) is 2.52. The number of hydrogen-bond donors (Lipinski definition) is 1. The molecule has 0 fully saturated rings. The van der Waals surface area contributed by atoms with Gasteiger partial charge in [-0.2, -0.15) is 0 Å². The van der Waals surface area contributed by atoms with Crippen LogP contribution in [0.15, 0.2) is 42.6 Å². The molecule has 0 unspecified atom stereocenters. The van der Waals surface area contributed by atoms with Crippen LogP contribution in [0.3, 0.4) is 0 Å². The zero-order valence-corrected chi connectivity index (χ0v) is 11.9. The summed E-state index contributed by atoms with van der Waals surface area (Å²) in [5.41, 5.74) is 2.09. The Morgan fingerprint density at radius 2 is 1.90 bits per heavy atom. The van der Waals surface area contributed by atoms with E-state index >= 15 is 0 Å². The van der Waals surface area contributed by atoms with Crippen molar-refractivity contribution in [1.82, 2.24) is 10.3 Å². The predicted octanol–water partition coefficient (Wildman–Crippen LogP) is 2.78. The molecule has 4 nitrogen and oxygen atoms in total. The Morgan fingerprint density at radius 1 is 1.10 bits per heavy atom. The van der Waals surface area contributed by atoms with Gasteiger partial charge in [0.15, 0.2) is 0 Å². The fraction of sp³-hybridized carbons (Fsp3) is 0.312. The maximum atomic E-state index is 5.78. The summed E-state index contributed by atoms with van der Waals surface area (Å²) in [6.45, 7) is 4.30. The first kappa shape index (κ1) is 14.3. The van der Waals surface area contributed by atoms with Crippen LogP contribution < -0.4 is 14.8 Å². The van der Waals surface area contributed by atoms with E-state index in [0.29, 0.717) is 6.61 Å². The molecule has 1 heterocycles. The molecule has 1 aromatic carbocycles. The Bertz CT molecular complexity index is 526. The lowest BCUT2D eigenvalue weighted by Crippen LogP contribution is -2.12. The Hall–Kier alpha value is -2.07. The van der Waals surface area contributed by atoms with Crippen LogP contribution in [0, 0.1) is 0 Å². The molecule has 1 aromatic heterocycles. The zero-order chi connectivity index (χ0) is 14.2. The largest absolute Gasteiger partial charge is 0.497 e. The highest BCUT2D eigenvalue weighted by atomic mass is 16.5. The Kier molecular flexibility index (Phi) is 5.38. The molecule has 0 saturated heterocycles. The summed E-state index contributed by atoms with van der Waals surface area (Å²) in [5.74, 6) is 1.69. The second-order valence-electron chi connectivity index (χ2n) is 4.40. The van der Waals surface area contributed by atoms with Gasteiger partial charge in [-0.1, -0.05) is 19.1 Å². The van der Waals surface area contributed by atoms with E-state index in [0.717, 1.165) is 35.8 Å². The summed E-state index contributed by atoms with van der Waals surface area (Å²) in [6.07, 6.45) is 1.77. The van der Waals surface area contributed by atoms with E-state index in [1.54, 1.807) is 13.3 Å². The van der Waals surface area contributed by atoms with Crippen molar-refractivity contribution >= 4 is 0 Å². The molecule has 0 aliphatic carbocycles. The second-order valence-corrected chi connectivity index (χ2v) is 4.40. The molecule has 0 bridgehead atoms. The summed E-state index contributed by atoms with van der Waals surface area (Å²) < 4.78 is 10.9. The van der Waals surface area contributed by atoms with Gasteiger partial charge in [0, 0.05) is 18.8 Å². The molecule has 2 rings (SSSR count). The molecule has 2 aromatic rings. The SMILES string of the molecule is CCNCc1cc(OCc2ccc(OC)cc2)ccn1. The molecule has 4 heteroatoms. The fourth-order valence-corrected chi connectivity index (χ4v) is 1.78. The van der Waals surface area contributed by atoms with Crippen LogP contribution in [0.4, 0.5) is 0 Å². The minimum Gasteiger partial charge on any atom is -0.497 e. The van der Waals surface area contributed by atoms with Crippen molar-refractivity contribution in [1.29, 1.82) is 0 Å². The maximum absolute atomic E-state index is 5.78. The molecule has 20 heavy (non-hydrogen) atoms. The third kappa shape index (κ3) is 4.24. The van der Waals surface area contributed by atoms with Gasteiger partial charge in [-0.25, -0.2) is 0 Å². The molecule has 106 valence electrons. The molecular weight excluding hydrogens is 252 g/mol. The molecule has 0 aliphatic heterocycles. The van der Waals surface area contributed by atoms with Gasteiger partial charge in [0.2, 0.25) is 0 Å². The molecule has 1 N–H and O–H groups in total. The van der Waals surface area contributed by atoms with Crippen LogP contribution in [-0.4, -0.2) is 18.6 Å². The van der Waals surface area contributed by atoms with E-state index in [9.17, 15) is 0 Å². The van der Waals surface area contributed by atoms with Crippen molar-refractivity contribution in [3.05, 3.63) is 53.9 Å². The molecule has 0 saturated carbocycles. The number of rotatable bonds is 7. The summed E-state index contributed by atoms with van der Waals surface area (Å²) >= 11 is 0. The molecule has 0 atom stereocenters. The lowest BCUT2D eigenvalue weighted by molar-refractivity contribution is 0.305. The maximum Gasteiger partial charge on any atom is 0.123 e. The van der Waals surface area contributed by atoms with E-state index in [1.165, 1.54) is 0 Å². The van der Waals surface area contributed by atoms with Gasteiger partial charge in [0.25, 0.3) is 0 Å². The van der Waals surface area contributed by atoms with E-state index in [-0.39, 0.29) is 0 Å². The summed E-state index contributed by atoms with van der Waals surface area (Å²) in [4.78, 5) is 4.30. The van der Waals surface area contributed by atoms with Gasteiger partial charge in [-0.15, -0.1) is 0 Å². The second kappa shape index (κ2) is 7.50.